The molecule has 1 aromatic heterocycles. The number of nitrogens with two attached hydrogens (primary N) is 2. The Balaban J connectivity index is 1.85. The first-order valence-electron chi connectivity index (χ1n) is 7.25. The second-order valence-electron chi connectivity index (χ2n) is 5.15. The van der Waals surface area contributed by atoms with Gasteiger partial charge in [-0.05, 0) is 5.56 Å². The fourth-order valence-corrected chi connectivity index (χ4v) is 3.17. The Kier molecular flexibility index (Phi) is 4.62. The molecule has 2 aromatic carbocycles. The molecule has 0 aliphatic carbocycles. The molecule has 7 nitrogen and oxygen atoms in total. The van der Waals surface area contributed by atoms with Gasteiger partial charge in [0.15, 0.2) is 11.7 Å². The van der Waals surface area contributed by atoms with Gasteiger partial charge in [-0.1, -0.05) is 58.8 Å². The summed E-state index contributed by atoms with van der Waals surface area (Å²) in [6.45, 7) is 0. The van der Waals surface area contributed by atoms with E-state index in [4.69, 9.17) is 21.9 Å². The second kappa shape index (κ2) is 7.02. The normalized spacial score (nSPS) is 12.3. The highest BCUT2D eigenvalue weighted by Crippen LogP contribution is 2.32. The predicted octanol–water partition coefficient (Wildman–Crippen LogP) is 2.67. The summed E-state index contributed by atoms with van der Waals surface area (Å²) in [5.41, 5.74) is 14.3. The fraction of sp³-hybridized carbons (Fsp3) is 0. The van der Waals surface area contributed by atoms with E-state index in [0.717, 1.165) is 21.0 Å². The largest absolute Gasteiger partial charge is 0.409 e. The number of rotatable bonds is 4. The van der Waals surface area contributed by atoms with Crippen LogP contribution in [-0.2, 0) is 0 Å². The van der Waals surface area contributed by atoms with E-state index in [0.29, 0.717) is 11.1 Å². The Bertz CT molecular complexity index is 854. The smallest absolute Gasteiger partial charge is 0.170 e. The Hall–Kier alpha value is -3.39. The molecule has 25 heavy (non-hydrogen) atoms. The third-order valence-corrected chi connectivity index (χ3v) is 4.71. The molecule has 0 aliphatic rings. The molecule has 8 heteroatoms. The number of benzene rings is 2. The van der Waals surface area contributed by atoms with Gasteiger partial charge in [-0.2, -0.15) is 0 Å². The van der Waals surface area contributed by atoms with Crippen LogP contribution in [0.15, 0.2) is 65.0 Å². The van der Waals surface area contributed by atoms with E-state index in [-0.39, 0.29) is 11.7 Å². The van der Waals surface area contributed by atoms with Gasteiger partial charge in [-0.3, -0.25) is 0 Å². The van der Waals surface area contributed by atoms with E-state index in [1.54, 1.807) is 41.8 Å². The highest BCUT2D eigenvalue weighted by atomic mass is 32.1. The summed E-state index contributed by atoms with van der Waals surface area (Å²) < 4.78 is 0. The summed E-state index contributed by atoms with van der Waals surface area (Å²) in [7, 11) is 0. The van der Waals surface area contributed by atoms with Gasteiger partial charge in [0.2, 0.25) is 0 Å². The van der Waals surface area contributed by atoms with Crippen molar-refractivity contribution in [2.45, 2.75) is 0 Å². The van der Waals surface area contributed by atoms with Gasteiger partial charge in [0.25, 0.3) is 0 Å². The maximum atomic E-state index is 8.70. The first-order chi connectivity index (χ1) is 12.1. The molecule has 0 bridgehead atoms. The number of hydrogen-bond acceptors (Lipinski definition) is 6. The zero-order valence-electron chi connectivity index (χ0n) is 13.0. The van der Waals surface area contributed by atoms with Crippen molar-refractivity contribution in [3.05, 3.63) is 65.9 Å². The molecule has 0 fully saturated rings. The van der Waals surface area contributed by atoms with Crippen molar-refractivity contribution in [3.8, 4) is 21.0 Å². The molecule has 1 heterocycles. The molecule has 0 radical (unpaired) electrons. The molecular formula is C17H15N5O2S. The van der Waals surface area contributed by atoms with E-state index >= 15 is 0 Å². The van der Waals surface area contributed by atoms with Crippen LogP contribution in [0.5, 0.6) is 0 Å². The molecule has 0 atom stereocenters. The van der Waals surface area contributed by atoms with Crippen molar-refractivity contribution < 1.29 is 10.4 Å². The van der Waals surface area contributed by atoms with Crippen molar-refractivity contribution >= 4 is 23.0 Å². The Labute approximate surface area is 147 Å². The topological polar surface area (TPSA) is 130 Å². The fourth-order valence-electron chi connectivity index (χ4n) is 2.25. The maximum absolute atomic E-state index is 8.70. The van der Waals surface area contributed by atoms with Crippen LogP contribution in [0, 0.1) is 0 Å². The summed E-state index contributed by atoms with van der Waals surface area (Å²) in [6, 6.07) is 14.7. The second-order valence-corrected chi connectivity index (χ2v) is 6.19. The molecule has 126 valence electrons. The molecule has 0 unspecified atom stereocenters. The van der Waals surface area contributed by atoms with Crippen LogP contribution in [0.1, 0.15) is 11.1 Å². The van der Waals surface area contributed by atoms with Crippen LogP contribution < -0.4 is 11.5 Å². The van der Waals surface area contributed by atoms with Crippen molar-refractivity contribution in [3.63, 3.8) is 0 Å². The Morgan fingerprint density at radius 2 is 1.28 bits per heavy atom. The van der Waals surface area contributed by atoms with Crippen molar-refractivity contribution in [1.29, 1.82) is 0 Å². The molecule has 3 rings (SSSR count). The monoisotopic (exact) mass is 353 g/mol. The number of aromatic nitrogens is 1. The zero-order chi connectivity index (χ0) is 17.8. The summed E-state index contributed by atoms with van der Waals surface area (Å²) in [5, 5.41) is 24.2. The number of thiazole rings is 1. The van der Waals surface area contributed by atoms with Crippen LogP contribution in [0.2, 0.25) is 0 Å². The first kappa shape index (κ1) is 16.5. The number of hydrogen-bond donors (Lipinski definition) is 4. The van der Waals surface area contributed by atoms with E-state index in [2.05, 4.69) is 15.3 Å². The van der Waals surface area contributed by atoms with E-state index in [1.165, 1.54) is 0 Å². The van der Waals surface area contributed by atoms with Gasteiger partial charge < -0.3 is 21.9 Å². The lowest BCUT2D eigenvalue weighted by molar-refractivity contribution is 0.318. The van der Waals surface area contributed by atoms with Gasteiger partial charge in [0.05, 0.1) is 4.88 Å². The lowest BCUT2D eigenvalue weighted by Gasteiger charge is -2.01. The number of amidine groups is 2. The zero-order valence-corrected chi connectivity index (χ0v) is 13.8. The molecule has 3 aromatic rings. The summed E-state index contributed by atoms with van der Waals surface area (Å²) in [5.74, 6) is 0.138. The van der Waals surface area contributed by atoms with Crippen LogP contribution in [-0.4, -0.2) is 27.1 Å². The lowest BCUT2D eigenvalue weighted by atomic mass is 10.1. The molecule has 0 amide bonds. The Morgan fingerprint density at radius 3 is 1.76 bits per heavy atom. The standard InChI is InChI=1S/C17H15N5O2S/c18-15(21-23)11-3-1-10(2-4-11)14-9-20-17(25-14)13-7-5-12(6-8-13)16(19)22-24/h1-9,23-24H,(H2,18,21)(H2,19,22). The highest BCUT2D eigenvalue weighted by molar-refractivity contribution is 7.18. The van der Waals surface area contributed by atoms with E-state index in [1.807, 2.05) is 24.3 Å². The van der Waals surface area contributed by atoms with Crippen LogP contribution in [0.25, 0.3) is 21.0 Å². The minimum absolute atomic E-state index is 0.0668. The van der Waals surface area contributed by atoms with Gasteiger partial charge in [0, 0.05) is 22.9 Å². The molecular weight excluding hydrogens is 338 g/mol. The quantitative estimate of drug-likeness (QED) is 0.248. The third kappa shape index (κ3) is 3.43. The third-order valence-electron chi connectivity index (χ3n) is 3.61. The molecule has 0 aliphatic heterocycles. The average molecular weight is 353 g/mol. The highest BCUT2D eigenvalue weighted by Gasteiger charge is 2.08. The maximum Gasteiger partial charge on any atom is 0.170 e. The first-order valence-corrected chi connectivity index (χ1v) is 8.06. The molecule has 6 N–H and O–H groups in total. The summed E-state index contributed by atoms with van der Waals surface area (Å²) in [4.78, 5) is 5.45. The van der Waals surface area contributed by atoms with Gasteiger partial charge in [0.1, 0.15) is 5.01 Å². The number of nitrogens with zero attached hydrogens (tertiary/aromatic N) is 3. The summed E-state index contributed by atoms with van der Waals surface area (Å²) >= 11 is 1.55. The SMILES string of the molecule is N/C(=N/O)c1ccc(-c2cnc(-c3ccc(/C(N)=N\O)cc3)s2)cc1. The Morgan fingerprint density at radius 1 is 0.800 bits per heavy atom. The van der Waals surface area contributed by atoms with E-state index in [9.17, 15) is 0 Å². The number of oxime groups is 2. The van der Waals surface area contributed by atoms with Gasteiger partial charge in [-0.15, -0.1) is 11.3 Å². The van der Waals surface area contributed by atoms with Crippen molar-refractivity contribution in [2.24, 2.45) is 21.8 Å². The predicted molar refractivity (Wildman–Crippen MR) is 98.0 cm³/mol. The minimum Gasteiger partial charge on any atom is -0.409 e. The molecule has 0 spiro atoms. The van der Waals surface area contributed by atoms with E-state index < -0.39 is 0 Å². The minimum atomic E-state index is 0.0668. The summed E-state index contributed by atoms with van der Waals surface area (Å²) in [6.07, 6.45) is 1.80. The lowest BCUT2D eigenvalue weighted by Crippen LogP contribution is -2.12. The molecule has 0 saturated heterocycles. The van der Waals surface area contributed by atoms with Crippen molar-refractivity contribution in [1.82, 2.24) is 4.98 Å². The van der Waals surface area contributed by atoms with Gasteiger partial charge >= 0.3 is 0 Å². The van der Waals surface area contributed by atoms with Crippen molar-refractivity contribution in [2.75, 3.05) is 0 Å². The average Bonchev–Trinajstić information content (AvgIpc) is 3.17. The van der Waals surface area contributed by atoms with Crippen LogP contribution in [0.3, 0.4) is 0 Å². The van der Waals surface area contributed by atoms with Crippen LogP contribution in [0.4, 0.5) is 0 Å². The van der Waals surface area contributed by atoms with Gasteiger partial charge in [-0.25, -0.2) is 4.98 Å². The van der Waals surface area contributed by atoms with Crippen LogP contribution >= 0.6 is 11.3 Å². The molecule has 0 saturated carbocycles.